The first-order valence-corrected chi connectivity index (χ1v) is 6.30. The van der Waals surface area contributed by atoms with E-state index in [4.69, 9.17) is 0 Å². The predicted molar refractivity (Wildman–Crippen MR) is 78.0 cm³/mol. The zero-order valence-corrected chi connectivity index (χ0v) is 10.8. The van der Waals surface area contributed by atoms with Crippen molar-refractivity contribution in [3.05, 3.63) is 42.6 Å². The van der Waals surface area contributed by atoms with Crippen LogP contribution in [0.5, 0.6) is 0 Å². The minimum Gasteiger partial charge on any atom is -0.345 e. The minimum absolute atomic E-state index is 0.790. The second kappa shape index (κ2) is 4.06. The Morgan fingerprint density at radius 2 is 2.05 bits per heavy atom. The summed E-state index contributed by atoms with van der Waals surface area (Å²) < 4.78 is 0. The largest absolute Gasteiger partial charge is 0.345 e. The molecular formula is C14H12N6. The molecule has 0 fully saturated rings. The topological polar surface area (TPSA) is 82.3 Å². The molecule has 0 bridgehead atoms. The van der Waals surface area contributed by atoms with Crippen LogP contribution in [0, 0.1) is 6.92 Å². The van der Waals surface area contributed by atoms with E-state index in [0.717, 1.165) is 39.3 Å². The molecule has 0 saturated heterocycles. The summed E-state index contributed by atoms with van der Waals surface area (Å²) in [4.78, 5) is 19.0. The fourth-order valence-corrected chi connectivity index (χ4v) is 2.32. The third kappa shape index (κ3) is 1.70. The van der Waals surface area contributed by atoms with Crippen LogP contribution in [0.2, 0.25) is 0 Å². The van der Waals surface area contributed by atoms with Crippen molar-refractivity contribution in [1.82, 2.24) is 24.9 Å². The Hall–Kier alpha value is -2.89. The third-order valence-electron chi connectivity index (χ3n) is 3.24. The maximum Gasteiger partial charge on any atom is 0.143 e. The van der Waals surface area contributed by atoms with Crippen LogP contribution in [0.25, 0.3) is 22.1 Å². The second-order valence-electron chi connectivity index (χ2n) is 4.70. The Bertz CT molecular complexity index is 904. The van der Waals surface area contributed by atoms with Gasteiger partial charge in [0.25, 0.3) is 0 Å². The lowest BCUT2D eigenvalue weighted by Crippen LogP contribution is -1.94. The van der Waals surface area contributed by atoms with Crippen LogP contribution >= 0.6 is 0 Å². The maximum atomic E-state index is 4.32. The fraction of sp³-hybridized carbons (Fsp3) is 0.0714. The summed E-state index contributed by atoms with van der Waals surface area (Å²) in [5, 5.41) is 4.30. The molecule has 1 aromatic carbocycles. The number of nitrogens with zero attached hydrogens (tertiary/aromatic N) is 3. The van der Waals surface area contributed by atoms with Gasteiger partial charge in [0.05, 0.1) is 22.7 Å². The molecule has 0 aliphatic carbocycles. The molecule has 0 aliphatic rings. The molecule has 98 valence electrons. The molecule has 20 heavy (non-hydrogen) atoms. The quantitative estimate of drug-likeness (QED) is 0.520. The molecule has 4 aromatic rings. The van der Waals surface area contributed by atoms with E-state index in [2.05, 4.69) is 30.2 Å². The number of hydrogen-bond donors (Lipinski definition) is 3. The van der Waals surface area contributed by atoms with E-state index in [1.54, 1.807) is 12.7 Å². The molecule has 6 heteroatoms. The van der Waals surface area contributed by atoms with Crippen LogP contribution in [0.1, 0.15) is 5.69 Å². The third-order valence-corrected chi connectivity index (χ3v) is 3.24. The van der Waals surface area contributed by atoms with Crippen molar-refractivity contribution >= 4 is 33.6 Å². The average molecular weight is 264 g/mol. The van der Waals surface area contributed by atoms with Crippen LogP contribution in [0.4, 0.5) is 11.5 Å². The van der Waals surface area contributed by atoms with Crippen LogP contribution in [0.3, 0.4) is 0 Å². The highest BCUT2D eigenvalue weighted by molar-refractivity contribution is 5.90. The van der Waals surface area contributed by atoms with Gasteiger partial charge in [-0.2, -0.15) is 0 Å². The molecule has 3 aromatic heterocycles. The summed E-state index contributed by atoms with van der Waals surface area (Å²) >= 11 is 0. The number of hydrogen-bond acceptors (Lipinski definition) is 4. The van der Waals surface area contributed by atoms with Crippen LogP contribution in [-0.4, -0.2) is 24.9 Å². The first kappa shape index (κ1) is 11.0. The summed E-state index contributed by atoms with van der Waals surface area (Å²) in [6.45, 7) is 2.00. The van der Waals surface area contributed by atoms with Gasteiger partial charge in [-0.3, -0.25) is 0 Å². The van der Waals surface area contributed by atoms with E-state index in [0.29, 0.717) is 0 Å². The first-order valence-electron chi connectivity index (χ1n) is 6.30. The van der Waals surface area contributed by atoms with E-state index >= 15 is 0 Å². The molecular weight excluding hydrogens is 252 g/mol. The molecule has 0 unspecified atom stereocenters. The number of aromatic amines is 2. The van der Waals surface area contributed by atoms with E-state index in [9.17, 15) is 0 Å². The lowest BCUT2D eigenvalue weighted by molar-refractivity contribution is 1.18. The van der Waals surface area contributed by atoms with E-state index < -0.39 is 0 Å². The van der Waals surface area contributed by atoms with Gasteiger partial charge in [0.15, 0.2) is 0 Å². The van der Waals surface area contributed by atoms with Crippen molar-refractivity contribution in [2.75, 3.05) is 5.32 Å². The molecule has 0 radical (unpaired) electrons. The number of aromatic nitrogens is 5. The number of fused-ring (bicyclic) bond motifs is 2. The molecule has 0 amide bonds. The monoisotopic (exact) mass is 264 g/mol. The van der Waals surface area contributed by atoms with Crippen molar-refractivity contribution in [1.29, 1.82) is 0 Å². The molecule has 4 rings (SSSR count). The molecule has 0 aliphatic heterocycles. The SMILES string of the molecule is Cc1cc2c(Nc3ccc4nc[nH]c4c3)ncnc2[nH]1. The smallest absolute Gasteiger partial charge is 0.143 e. The zero-order valence-electron chi connectivity index (χ0n) is 10.8. The first-order chi connectivity index (χ1) is 9.79. The van der Waals surface area contributed by atoms with Gasteiger partial charge in [0.1, 0.15) is 17.8 Å². The Balaban J connectivity index is 1.79. The van der Waals surface area contributed by atoms with Gasteiger partial charge in [-0.1, -0.05) is 0 Å². The van der Waals surface area contributed by atoms with Crippen molar-refractivity contribution < 1.29 is 0 Å². The lowest BCUT2D eigenvalue weighted by Gasteiger charge is -2.06. The number of rotatable bonds is 2. The van der Waals surface area contributed by atoms with Crippen molar-refractivity contribution in [2.45, 2.75) is 6.92 Å². The Morgan fingerprint density at radius 1 is 1.10 bits per heavy atom. The highest BCUT2D eigenvalue weighted by Gasteiger charge is 2.07. The van der Waals surface area contributed by atoms with Gasteiger partial charge in [-0.15, -0.1) is 0 Å². The number of nitrogens with one attached hydrogen (secondary N) is 3. The Labute approximate surface area is 114 Å². The second-order valence-corrected chi connectivity index (χ2v) is 4.70. The Kier molecular flexibility index (Phi) is 2.23. The number of benzene rings is 1. The Morgan fingerprint density at radius 3 is 3.00 bits per heavy atom. The standard InChI is InChI=1S/C14H12N6/c1-8-4-10-13(19-8)17-7-18-14(10)20-9-2-3-11-12(5-9)16-6-15-11/h2-7H,1H3,(H,15,16)(H2,17,18,19,20). The average Bonchev–Trinajstić information content (AvgIpc) is 3.04. The summed E-state index contributed by atoms with van der Waals surface area (Å²) in [6, 6.07) is 7.99. The number of anilines is 2. The van der Waals surface area contributed by atoms with Gasteiger partial charge in [-0.05, 0) is 31.2 Å². The maximum absolute atomic E-state index is 4.32. The van der Waals surface area contributed by atoms with Crippen molar-refractivity contribution in [3.63, 3.8) is 0 Å². The molecule has 3 N–H and O–H groups in total. The van der Waals surface area contributed by atoms with Crippen LogP contribution in [-0.2, 0) is 0 Å². The summed E-state index contributed by atoms with van der Waals surface area (Å²) in [5.41, 5.74) is 4.79. The van der Waals surface area contributed by atoms with Gasteiger partial charge in [-0.25, -0.2) is 15.0 Å². The molecule has 3 heterocycles. The van der Waals surface area contributed by atoms with Crippen molar-refractivity contribution in [2.24, 2.45) is 0 Å². The van der Waals surface area contributed by atoms with Gasteiger partial charge >= 0.3 is 0 Å². The highest BCUT2D eigenvalue weighted by atomic mass is 15.0. The summed E-state index contributed by atoms with van der Waals surface area (Å²) in [6.07, 6.45) is 3.24. The highest BCUT2D eigenvalue weighted by Crippen LogP contribution is 2.24. The van der Waals surface area contributed by atoms with E-state index in [-0.39, 0.29) is 0 Å². The predicted octanol–water partition coefficient (Wildman–Crippen LogP) is 2.89. The number of imidazole rings is 1. The lowest BCUT2D eigenvalue weighted by atomic mass is 10.2. The summed E-state index contributed by atoms with van der Waals surface area (Å²) in [5.74, 6) is 0.790. The van der Waals surface area contributed by atoms with Gasteiger partial charge in [0.2, 0.25) is 0 Å². The summed E-state index contributed by atoms with van der Waals surface area (Å²) in [7, 11) is 0. The number of H-pyrrole nitrogens is 2. The van der Waals surface area contributed by atoms with Crippen LogP contribution in [0.15, 0.2) is 36.9 Å². The van der Waals surface area contributed by atoms with E-state index in [1.807, 2.05) is 31.2 Å². The molecule has 0 saturated carbocycles. The fourth-order valence-electron chi connectivity index (χ4n) is 2.32. The molecule has 6 nitrogen and oxygen atoms in total. The van der Waals surface area contributed by atoms with Crippen molar-refractivity contribution in [3.8, 4) is 0 Å². The van der Waals surface area contributed by atoms with E-state index in [1.165, 1.54) is 0 Å². The molecule has 0 atom stereocenters. The number of aryl methyl sites for hydroxylation is 1. The van der Waals surface area contributed by atoms with Crippen LogP contribution < -0.4 is 5.32 Å². The molecule has 0 spiro atoms. The van der Waals surface area contributed by atoms with Gasteiger partial charge in [0, 0.05) is 11.4 Å². The van der Waals surface area contributed by atoms with Gasteiger partial charge < -0.3 is 15.3 Å². The normalized spacial score (nSPS) is 11.2. The zero-order chi connectivity index (χ0) is 13.5. The minimum atomic E-state index is 0.790.